The second-order valence-corrected chi connectivity index (χ2v) is 4.58. The van der Waals surface area contributed by atoms with E-state index in [1.807, 2.05) is 0 Å². The molecule has 0 heterocycles. The van der Waals surface area contributed by atoms with E-state index < -0.39 is 10.7 Å². The largest absolute Gasteiger partial charge is 0.455 e. The van der Waals surface area contributed by atoms with Gasteiger partial charge in [0.25, 0.3) is 5.69 Å². The molecule has 0 aliphatic heterocycles. The van der Waals surface area contributed by atoms with Gasteiger partial charge in [0, 0.05) is 18.0 Å². The number of hydrogen-bond donors (Lipinski definition) is 0. The van der Waals surface area contributed by atoms with Crippen LogP contribution in [0.2, 0.25) is 5.02 Å². The number of nitro groups is 1. The van der Waals surface area contributed by atoms with Crippen molar-refractivity contribution in [1.29, 1.82) is 0 Å². The number of benzene rings is 2. The SMILES string of the molecule is O=[N+]([O-])c1ccc(Cl)c(Oc2cc(F)cc(CCl)c2)c1. The van der Waals surface area contributed by atoms with E-state index in [2.05, 4.69) is 0 Å². The van der Waals surface area contributed by atoms with E-state index in [1.54, 1.807) is 0 Å². The Morgan fingerprint density at radius 3 is 2.65 bits per heavy atom. The fourth-order valence-corrected chi connectivity index (χ4v) is 1.88. The molecule has 0 saturated carbocycles. The summed E-state index contributed by atoms with van der Waals surface area (Å²) in [6.45, 7) is 0. The summed E-state index contributed by atoms with van der Waals surface area (Å²) in [5.74, 6) is -0.147. The van der Waals surface area contributed by atoms with Crippen molar-refractivity contribution >= 4 is 28.9 Å². The van der Waals surface area contributed by atoms with Crippen LogP contribution in [-0.2, 0) is 5.88 Å². The van der Waals surface area contributed by atoms with Crippen molar-refractivity contribution in [2.45, 2.75) is 5.88 Å². The Hall–Kier alpha value is -1.85. The third-order valence-corrected chi connectivity index (χ3v) is 3.06. The Morgan fingerprint density at radius 1 is 1.25 bits per heavy atom. The maximum atomic E-state index is 13.3. The number of non-ortho nitro benzene ring substituents is 1. The van der Waals surface area contributed by atoms with Crippen LogP contribution in [0.5, 0.6) is 11.5 Å². The topological polar surface area (TPSA) is 52.4 Å². The van der Waals surface area contributed by atoms with Crippen molar-refractivity contribution in [3.05, 3.63) is 62.9 Å². The molecule has 0 amide bonds. The smallest absolute Gasteiger partial charge is 0.273 e. The molecular weight excluding hydrogens is 308 g/mol. The third kappa shape index (κ3) is 3.37. The standard InChI is InChI=1S/C13H8Cl2FNO3/c14-7-8-3-9(16)5-11(4-8)20-13-6-10(17(18)19)1-2-12(13)15/h1-6H,7H2. The second kappa shape index (κ2) is 6.07. The first-order valence-electron chi connectivity index (χ1n) is 5.47. The lowest BCUT2D eigenvalue weighted by atomic mass is 10.2. The second-order valence-electron chi connectivity index (χ2n) is 3.90. The Morgan fingerprint density at radius 2 is 2.00 bits per heavy atom. The maximum Gasteiger partial charge on any atom is 0.273 e. The molecule has 0 unspecified atom stereocenters. The molecule has 0 aliphatic rings. The summed E-state index contributed by atoms with van der Waals surface area (Å²) in [4.78, 5) is 10.1. The molecule has 4 nitrogen and oxygen atoms in total. The molecule has 0 aliphatic carbocycles. The van der Waals surface area contributed by atoms with Crippen LogP contribution in [0.3, 0.4) is 0 Å². The average Bonchev–Trinajstić information content (AvgIpc) is 2.40. The minimum absolute atomic E-state index is 0.0759. The number of nitrogens with zero attached hydrogens (tertiary/aromatic N) is 1. The molecule has 0 saturated heterocycles. The number of ether oxygens (including phenoxy) is 1. The molecular formula is C13H8Cl2FNO3. The van der Waals surface area contributed by atoms with E-state index in [1.165, 1.54) is 30.3 Å². The lowest BCUT2D eigenvalue weighted by Crippen LogP contribution is -1.92. The summed E-state index contributed by atoms with van der Waals surface area (Å²) in [6.07, 6.45) is 0. The molecule has 0 N–H and O–H groups in total. The van der Waals surface area contributed by atoms with Gasteiger partial charge in [-0.25, -0.2) is 4.39 Å². The summed E-state index contributed by atoms with van der Waals surface area (Å²) >= 11 is 11.5. The molecule has 104 valence electrons. The summed E-state index contributed by atoms with van der Waals surface area (Å²) in [5, 5.41) is 10.9. The number of halogens is 3. The highest BCUT2D eigenvalue weighted by Gasteiger charge is 2.12. The maximum absolute atomic E-state index is 13.3. The molecule has 0 spiro atoms. The van der Waals surface area contributed by atoms with E-state index in [9.17, 15) is 14.5 Å². The summed E-state index contributed by atoms with van der Waals surface area (Å²) in [6, 6.07) is 7.72. The van der Waals surface area contributed by atoms with E-state index in [0.29, 0.717) is 5.56 Å². The van der Waals surface area contributed by atoms with Crippen LogP contribution in [0.1, 0.15) is 5.56 Å². The van der Waals surface area contributed by atoms with E-state index in [0.717, 1.165) is 6.07 Å². The van der Waals surface area contributed by atoms with Crippen molar-refractivity contribution in [3.63, 3.8) is 0 Å². The van der Waals surface area contributed by atoms with Gasteiger partial charge in [0.15, 0.2) is 5.75 Å². The molecule has 2 aromatic carbocycles. The molecule has 0 bridgehead atoms. The number of nitro benzene ring substituents is 1. The van der Waals surface area contributed by atoms with Gasteiger partial charge >= 0.3 is 0 Å². The first kappa shape index (κ1) is 14.6. The molecule has 0 radical (unpaired) electrons. The van der Waals surface area contributed by atoms with E-state index in [-0.39, 0.29) is 28.1 Å². The Kier molecular flexibility index (Phi) is 4.42. The predicted molar refractivity (Wildman–Crippen MR) is 74.1 cm³/mol. The van der Waals surface area contributed by atoms with Crippen LogP contribution >= 0.6 is 23.2 Å². The molecule has 2 rings (SSSR count). The van der Waals surface area contributed by atoms with Crippen LogP contribution in [-0.4, -0.2) is 4.92 Å². The molecule has 7 heteroatoms. The first-order chi connectivity index (χ1) is 9.49. The van der Waals surface area contributed by atoms with Gasteiger partial charge in [-0.3, -0.25) is 10.1 Å². The number of rotatable bonds is 4. The minimum Gasteiger partial charge on any atom is -0.455 e. The highest BCUT2D eigenvalue weighted by atomic mass is 35.5. The Balaban J connectivity index is 2.36. The quantitative estimate of drug-likeness (QED) is 0.457. The van der Waals surface area contributed by atoms with Crippen LogP contribution in [0.4, 0.5) is 10.1 Å². The predicted octanol–water partition coefficient (Wildman–Crippen LogP) is 4.92. The number of hydrogen-bond acceptors (Lipinski definition) is 3. The summed E-state index contributed by atoms with van der Waals surface area (Å²) in [7, 11) is 0. The van der Waals surface area contributed by atoms with Crippen molar-refractivity contribution < 1.29 is 14.1 Å². The summed E-state index contributed by atoms with van der Waals surface area (Å²) in [5.41, 5.74) is 0.363. The normalized spacial score (nSPS) is 10.3. The van der Waals surface area contributed by atoms with E-state index in [4.69, 9.17) is 27.9 Å². The lowest BCUT2D eigenvalue weighted by molar-refractivity contribution is -0.384. The molecule has 0 atom stereocenters. The van der Waals surface area contributed by atoms with Crippen LogP contribution in [0.15, 0.2) is 36.4 Å². The van der Waals surface area contributed by atoms with Gasteiger partial charge < -0.3 is 4.74 Å². The highest BCUT2D eigenvalue weighted by Crippen LogP contribution is 2.33. The first-order valence-corrected chi connectivity index (χ1v) is 6.38. The zero-order valence-electron chi connectivity index (χ0n) is 9.98. The van der Waals surface area contributed by atoms with Gasteiger partial charge in [-0.15, -0.1) is 11.6 Å². The van der Waals surface area contributed by atoms with Crippen LogP contribution in [0.25, 0.3) is 0 Å². The lowest BCUT2D eigenvalue weighted by Gasteiger charge is -2.08. The van der Waals surface area contributed by atoms with Crippen LogP contribution < -0.4 is 4.74 Å². The molecule has 0 aromatic heterocycles. The minimum atomic E-state index is -0.570. The fourth-order valence-electron chi connectivity index (χ4n) is 1.57. The van der Waals surface area contributed by atoms with Gasteiger partial charge in [0.2, 0.25) is 0 Å². The van der Waals surface area contributed by atoms with Crippen molar-refractivity contribution in [2.24, 2.45) is 0 Å². The van der Waals surface area contributed by atoms with Gasteiger partial charge in [0.1, 0.15) is 11.6 Å². The van der Waals surface area contributed by atoms with Gasteiger partial charge in [0.05, 0.1) is 16.0 Å². The van der Waals surface area contributed by atoms with Gasteiger partial charge in [-0.2, -0.15) is 0 Å². The monoisotopic (exact) mass is 315 g/mol. The van der Waals surface area contributed by atoms with E-state index >= 15 is 0 Å². The Labute approximate surface area is 123 Å². The molecule has 20 heavy (non-hydrogen) atoms. The average molecular weight is 316 g/mol. The van der Waals surface area contributed by atoms with Crippen molar-refractivity contribution in [2.75, 3.05) is 0 Å². The Bertz CT molecular complexity index is 664. The zero-order chi connectivity index (χ0) is 14.7. The van der Waals surface area contributed by atoms with Crippen molar-refractivity contribution in [1.82, 2.24) is 0 Å². The number of alkyl halides is 1. The van der Waals surface area contributed by atoms with Crippen LogP contribution in [0, 0.1) is 15.9 Å². The summed E-state index contributed by atoms with van der Waals surface area (Å²) < 4.78 is 18.7. The third-order valence-electron chi connectivity index (χ3n) is 2.44. The van der Waals surface area contributed by atoms with Crippen molar-refractivity contribution in [3.8, 4) is 11.5 Å². The van der Waals surface area contributed by atoms with Gasteiger partial charge in [-0.05, 0) is 23.8 Å². The highest BCUT2D eigenvalue weighted by molar-refractivity contribution is 6.32. The molecule has 0 fully saturated rings. The molecule has 2 aromatic rings. The fraction of sp³-hybridized carbons (Fsp3) is 0.0769. The van der Waals surface area contributed by atoms with Gasteiger partial charge in [-0.1, -0.05) is 11.6 Å². The zero-order valence-corrected chi connectivity index (χ0v) is 11.5.